The van der Waals surface area contributed by atoms with Crippen molar-refractivity contribution in [2.45, 2.75) is 24.4 Å². The van der Waals surface area contributed by atoms with Gasteiger partial charge in [-0.15, -0.1) is 10.2 Å². The molecule has 4 rings (SSSR count). The lowest BCUT2D eigenvalue weighted by molar-refractivity contribution is 0.425. The molecule has 0 aliphatic heterocycles. The van der Waals surface area contributed by atoms with Crippen LogP contribution in [0.3, 0.4) is 0 Å². The van der Waals surface area contributed by atoms with Gasteiger partial charge in [-0.2, -0.15) is 4.98 Å². The van der Waals surface area contributed by atoms with E-state index >= 15 is 0 Å². The average molecular weight is 381 g/mol. The largest absolute Gasteiger partial charge is 0.334 e. The van der Waals surface area contributed by atoms with Crippen molar-refractivity contribution < 1.29 is 8.91 Å². The molecular weight excluding hydrogens is 365 g/mol. The summed E-state index contributed by atoms with van der Waals surface area (Å²) in [4.78, 5) is 4.37. The Bertz CT molecular complexity index is 1030. The standard InChI is InChI=1S/C19H16FN5OS/c1-13-22-23-19(25(13)11-14-5-3-2-4-6-14)27-12-17-21-18(26-24-17)15-7-9-16(20)10-8-15/h2-10H,11-12H2,1H3. The van der Waals surface area contributed by atoms with Crippen molar-refractivity contribution >= 4 is 11.8 Å². The Morgan fingerprint density at radius 1 is 1.04 bits per heavy atom. The lowest BCUT2D eigenvalue weighted by Gasteiger charge is -2.07. The van der Waals surface area contributed by atoms with Crippen LogP contribution in [0.1, 0.15) is 17.2 Å². The van der Waals surface area contributed by atoms with Crippen LogP contribution in [0, 0.1) is 12.7 Å². The summed E-state index contributed by atoms with van der Waals surface area (Å²) in [5.74, 6) is 1.96. The topological polar surface area (TPSA) is 69.6 Å². The molecule has 0 aliphatic carbocycles. The van der Waals surface area contributed by atoms with E-state index in [2.05, 4.69) is 37.0 Å². The predicted molar refractivity (Wildman–Crippen MR) is 99.6 cm³/mol. The van der Waals surface area contributed by atoms with Gasteiger partial charge in [0.05, 0.1) is 12.3 Å². The molecule has 0 radical (unpaired) electrons. The highest BCUT2D eigenvalue weighted by atomic mass is 32.2. The van der Waals surface area contributed by atoms with Crippen molar-refractivity contribution in [1.82, 2.24) is 24.9 Å². The van der Waals surface area contributed by atoms with Crippen molar-refractivity contribution in [3.8, 4) is 11.5 Å². The second-order valence-electron chi connectivity index (χ2n) is 5.91. The van der Waals surface area contributed by atoms with Gasteiger partial charge >= 0.3 is 0 Å². The van der Waals surface area contributed by atoms with Crippen molar-refractivity contribution in [1.29, 1.82) is 0 Å². The number of rotatable bonds is 6. The second kappa shape index (κ2) is 7.71. The highest BCUT2D eigenvalue weighted by molar-refractivity contribution is 7.98. The first-order valence-corrected chi connectivity index (χ1v) is 9.32. The first-order chi connectivity index (χ1) is 13.2. The predicted octanol–water partition coefficient (Wildman–Crippen LogP) is 4.12. The third-order valence-corrected chi connectivity index (χ3v) is 4.94. The lowest BCUT2D eigenvalue weighted by Crippen LogP contribution is -2.04. The number of benzene rings is 2. The molecule has 8 heteroatoms. The molecular formula is C19H16FN5OS. The van der Waals surface area contributed by atoms with E-state index in [1.165, 1.54) is 29.5 Å². The summed E-state index contributed by atoms with van der Waals surface area (Å²) in [7, 11) is 0. The van der Waals surface area contributed by atoms with Crippen molar-refractivity contribution in [2.75, 3.05) is 0 Å². The zero-order valence-electron chi connectivity index (χ0n) is 14.5. The van der Waals surface area contributed by atoms with E-state index in [1.807, 2.05) is 25.1 Å². The number of halogens is 1. The molecule has 0 saturated heterocycles. The Labute approximate surface area is 159 Å². The van der Waals surface area contributed by atoms with E-state index in [1.54, 1.807) is 12.1 Å². The summed E-state index contributed by atoms with van der Waals surface area (Å²) in [6.07, 6.45) is 0. The summed E-state index contributed by atoms with van der Waals surface area (Å²) >= 11 is 1.50. The summed E-state index contributed by atoms with van der Waals surface area (Å²) in [6.45, 7) is 2.63. The normalized spacial score (nSPS) is 11.0. The fraction of sp³-hybridized carbons (Fsp3) is 0.158. The fourth-order valence-electron chi connectivity index (χ4n) is 2.57. The van der Waals surface area contributed by atoms with Gasteiger partial charge in [0.1, 0.15) is 11.6 Å². The van der Waals surface area contributed by atoms with Crippen LogP contribution in [0.2, 0.25) is 0 Å². The van der Waals surface area contributed by atoms with Crippen LogP contribution in [-0.4, -0.2) is 24.9 Å². The molecule has 6 nitrogen and oxygen atoms in total. The zero-order valence-corrected chi connectivity index (χ0v) is 15.4. The monoisotopic (exact) mass is 381 g/mol. The van der Waals surface area contributed by atoms with E-state index in [0.29, 0.717) is 29.6 Å². The molecule has 0 spiro atoms. The Kier molecular flexibility index (Phi) is 4.97. The molecule has 2 aromatic heterocycles. The number of aromatic nitrogens is 5. The van der Waals surface area contributed by atoms with Gasteiger partial charge in [-0.1, -0.05) is 47.3 Å². The molecule has 0 bridgehead atoms. The first kappa shape index (κ1) is 17.4. The van der Waals surface area contributed by atoms with Crippen LogP contribution in [-0.2, 0) is 12.3 Å². The first-order valence-electron chi connectivity index (χ1n) is 8.34. The molecule has 0 atom stereocenters. The van der Waals surface area contributed by atoms with Crippen LogP contribution >= 0.6 is 11.8 Å². The molecule has 0 saturated carbocycles. The van der Waals surface area contributed by atoms with E-state index in [0.717, 1.165) is 11.0 Å². The highest BCUT2D eigenvalue weighted by Gasteiger charge is 2.13. The zero-order chi connectivity index (χ0) is 18.6. The average Bonchev–Trinajstić information content (AvgIpc) is 3.29. The number of hydrogen-bond acceptors (Lipinski definition) is 6. The molecule has 0 aliphatic rings. The number of thioether (sulfide) groups is 1. The third kappa shape index (κ3) is 4.06. The van der Waals surface area contributed by atoms with E-state index < -0.39 is 0 Å². The van der Waals surface area contributed by atoms with Gasteiger partial charge in [0.15, 0.2) is 11.0 Å². The number of nitrogens with zero attached hydrogens (tertiary/aromatic N) is 5. The minimum atomic E-state index is -0.304. The van der Waals surface area contributed by atoms with Crippen molar-refractivity contribution in [3.63, 3.8) is 0 Å². The molecule has 2 heterocycles. The van der Waals surface area contributed by atoms with E-state index in [9.17, 15) is 4.39 Å². The molecule has 4 aromatic rings. The van der Waals surface area contributed by atoms with Gasteiger partial charge in [0.25, 0.3) is 5.89 Å². The SMILES string of the molecule is Cc1nnc(SCc2noc(-c3ccc(F)cc3)n2)n1Cc1ccccc1. The van der Waals surface area contributed by atoms with Gasteiger partial charge in [-0.25, -0.2) is 4.39 Å². The molecule has 27 heavy (non-hydrogen) atoms. The van der Waals surface area contributed by atoms with Gasteiger partial charge in [-0.3, -0.25) is 0 Å². The van der Waals surface area contributed by atoms with Crippen LogP contribution in [0.5, 0.6) is 0 Å². The Morgan fingerprint density at radius 3 is 2.59 bits per heavy atom. The van der Waals surface area contributed by atoms with Crippen LogP contribution in [0.25, 0.3) is 11.5 Å². The molecule has 136 valence electrons. The van der Waals surface area contributed by atoms with Gasteiger partial charge in [0.2, 0.25) is 0 Å². The van der Waals surface area contributed by atoms with Crippen molar-refractivity contribution in [3.05, 3.63) is 77.6 Å². The van der Waals surface area contributed by atoms with E-state index in [4.69, 9.17) is 4.52 Å². The molecule has 2 aromatic carbocycles. The van der Waals surface area contributed by atoms with Crippen LogP contribution in [0.15, 0.2) is 64.3 Å². The van der Waals surface area contributed by atoms with Crippen molar-refractivity contribution in [2.24, 2.45) is 0 Å². The molecule has 0 amide bonds. The quantitative estimate of drug-likeness (QED) is 0.468. The maximum absolute atomic E-state index is 13.0. The summed E-state index contributed by atoms with van der Waals surface area (Å²) in [6, 6.07) is 16.1. The second-order valence-corrected chi connectivity index (χ2v) is 6.86. The lowest BCUT2D eigenvalue weighted by atomic mass is 10.2. The summed E-state index contributed by atoms with van der Waals surface area (Å²) < 4.78 is 20.4. The molecule has 0 N–H and O–H groups in total. The number of hydrogen-bond donors (Lipinski definition) is 0. The minimum Gasteiger partial charge on any atom is -0.334 e. The fourth-order valence-corrected chi connectivity index (χ4v) is 3.39. The molecule has 0 fully saturated rings. The summed E-state index contributed by atoms with van der Waals surface area (Å²) in [5, 5.41) is 13.2. The Hall–Kier alpha value is -3.00. The van der Waals surface area contributed by atoms with Gasteiger partial charge in [-0.05, 0) is 36.8 Å². The summed E-state index contributed by atoms with van der Waals surface area (Å²) in [5.41, 5.74) is 1.86. The third-order valence-electron chi connectivity index (χ3n) is 3.97. The van der Waals surface area contributed by atoms with Gasteiger partial charge in [0, 0.05) is 5.56 Å². The van der Waals surface area contributed by atoms with Crippen LogP contribution in [0.4, 0.5) is 4.39 Å². The van der Waals surface area contributed by atoms with Crippen LogP contribution < -0.4 is 0 Å². The van der Waals surface area contributed by atoms with Gasteiger partial charge < -0.3 is 9.09 Å². The maximum atomic E-state index is 13.0. The maximum Gasteiger partial charge on any atom is 0.257 e. The number of aryl methyl sites for hydroxylation is 1. The Balaban J connectivity index is 1.46. The van der Waals surface area contributed by atoms with E-state index in [-0.39, 0.29) is 5.82 Å². The Morgan fingerprint density at radius 2 is 1.81 bits per heavy atom. The smallest absolute Gasteiger partial charge is 0.257 e. The highest BCUT2D eigenvalue weighted by Crippen LogP contribution is 2.24. The minimum absolute atomic E-state index is 0.304. The molecule has 0 unspecified atom stereocenters.